The van der Waals surface area contributed by atoms with Crippen molar-refractivity contribution in [3.63, 3.8) is 0 Å². The lowest BCUT2D eigenvalue weighted by Gasteiger charge is -2.23. The molecule has 2 fully saturated rings. The Bertz CT molecular complexity index is 151. The highest BCUT2D eigenvalue weighted by Gasteiger charge is 2.16. The van der Waals surface area contributed by atoms with Crippen LogP contribution in [0.2, 0.25) is 0 Å². The minimum Gasteiger partial charge on any atom is -0.316 e. The van der Waals surface area contributed by atoms with Crippen molar-refractivity contribution in [1.29, 1.82) is 0 Å². The van der Waals surface area contributed by atoms with Gasteiger partial charge in [-0.05, 0) is 68.8 Å². The smallest absolute Gasteiger partial charge is 0.000825 e. The van der Waals surface area contributed by atoms with Gasteiger partial charge in [0.1, 0.15) is 0 Å². The van der Waals surface area contributed by atoms with Gasteiger partial charge in [-0.3, -0.25) is 0 Å². The van der Waals surface area contributed by atoms with Crippen LogP contribution in [0.25, 0.3) is 0 Å². The Labute approximate surface area is 91.6 Å². The molecule has 0 aromatic heterocycles. The van der Waals surface area contributed by atoms with E-state index in [2.05, 4.69) is 22.4 Å². The van der Waals surface area contributed by atoms with Gasteiger partial charge in [-0.25, -0.2) is 0 Å². The molecule has 2 nitrogen and oxygen atoms in total. The lowest BCUT2D eigenvalue weighted by atomic mass is 9.99. The van der Waals surface area contributed by atoms with Gasteiger partial charge in [0.05, 0.1) is 0 Å². The summed E-state index contributed by atoms with van der Waals surface area (Å²) in [7, 11) is 0. The van der Waals surface area contributed by atoms with Crippen LogP contribution in [0.3, 0.4) is 0 Å². The Balaban J connectivity index is 1.52. The zero-order valence-electron chi connectivity index (χ0n) is 8.93. The minimum absolute atomic E-state index is 0.887. The first-order valence-corrected chi connectivity index (χ1v) is 7.10. The Hall–Kier alpha value is 0.270. The molecule has 2 heterocycles. The number of piperidine rings is 1. The fraction of sp³-hybridized carbons (Fsp3) is 1.00. The lowest BCUT2D eigenvalue weighted by Crippen LogP contribution is -2.37. The van der Waals surface area contributed by atoms with Crippen molar-refractivity contribution < 1.29 is 0 Å². The average molecular weight is 214 g/mol. The number of hydrogen-bond donors (Lipinski definition) is 2. The predicted molar refractivity (Wildman–Crippen MR) is 63.9 cm³/mol. The topological polar surface area (TPSA) is 24.1 Å². The van der Waals surface area contributed by atoms with Crippen LogP contribution in [0.15, 0.2) is 0 Å². The Morgan fingerprint density at radius 1 is 1.21 bits per heavy atom. The van der Waals surface area contributed by atoms with Crippen molar-refractivity contribution >= 4 is 11.8 Å². The molecule has 2 N–H and O–H groups in total. The third kappa shape index (κ3) is 3.44. The van der Waals surface area contributed by atoms with Crippen LogP contribution in [-0.2, 0) is 0 Å². The van der Waals surface area contributed by atoms with Crippen LogP contribution in [0.1, 0.15) is 19.3 Å². The monoisotopic (exact) mass is 214 g/mol. The van der Waals surface area contributed by atoms with E-state index in [0.717, 1.165) is 11.8 Å². The molecule has 0 aliphatic carbocycles. The molecule has 82 valence electrons. The standard InChI is InChI=1S/C11H22N2S/c1-2-10(6-12-4-1)7-13-8-11-3-5-14-9-11/h10-13H,1-9H2. The van der Waals surface area contributed by atoms with E-state index in [1.54, 1.807) is 0 Å². The fourth-order valence-corrected chi connectivity index (χ4v) is 3.62. The molecular weight excluding hydrogens is 192 g/mol. The SMILES string of the molecule is C1CNCC(CNCC2CCSC2)C1. The summed E-state index contributed by atoms with van der Waals surface area (Å²) in [6, 6.07) is 0. The molecule has 2 atom stereocenters. The molecule has 2 aliphatic rings. The predicted octanol–water partition coefficient (Wildman–Crippen LogP) is 1.33. The summed E-state index contributed by atoms with van der Waals surface area (Å²) in [5.74, 6) is 4.61. The number of rotatable bonds is 4. The summed E-state index contributed by atoms with van der Waals surface area (Å²) < 4.78 is 0. The Kier molecular flexibility index (Phi) is 4.61. The van der Waals surface area contributed by atoms with E-state index in [1.807, 2.05) is 0 Å². The van der Waals surface area contributed by atoms with E-state index in [1.165, 1.54) is 56.9 Å². The van der Waals surface area contributed by atoms with Crippen molar-refractivity contribution in [2.24, 2.45) is 11.8 Å². The second-order valence-electron chi connectivity index (χ2n) is 4.60. The highest BCUT2D eigenvalue weighted by atomic mass is 32.2. The zero-order chi connectivity index (χ0) is 9.64. The molecule has 2 saturated heterocycles. The molecule has 0 aromatic rings. The molecule has 0 spiro atoms. The second-order valence-corrected chi connectivity index (χ2v) is 5.75. The molecule has 0 bridgehead atoms. The van der Waals surface area contributed by atoms with Crippen LogP contribution in [0, 0.1) is 11.8 Å². The van der Waals surface area contributed by atoms with Crippen molar-refractivity contribution in [3.8, 4) is 0 Å². The largest absolute Gasteiger partial charge is 0.316 e. The molecule has 14 heavy (non-hydrogen) atoms. The van der Waals surface area contributed by atoms with Gasteiger partial charge in [-0.2, -0.15) is 11.8 Å². The van der Waals surface area contributed by atoms with Gasteiger partial charge in [0.25, 0.3) is 0 Å². The molecular formula is C11H22N2S. The maximum absolute atomic E-state index is 3.64. The Morgan fingerprint density at radius 2 is 2.14 bits per heavy atom. The second kappa shape index (κ2) is 5.99. The van der Waals surface area contributed by atoms with Gasteiger partial charge in [0.15, 0.2) is 0 Å². The highest BCUT2D eigenvalue weighted by Crippen LogP contribution is 2.22. The molecule has 0 saturated carbocycles. The fourth-order valence-electron chi connectivity index (χ4n) is 2.33. The van der Waals surface area contributed by atoms with Crippen LogP contribution in [-0.4, -0.2) is 37.7 Å². The van der Waals surface area contributed by atoms with E-state index in [9.17, 15) is 0 Å². The Morgan fingerprint density at radius 3 is 2.86 bits per heavy atom. The minimum atomic E-state index is 0.887. The first kappa shape index (κ1) is 10.8. The summed E-state index contributed by atoms with van der Waals surface area (Å²) in [5, 5.41) is 7.11. The van der Waals surface area contributed by atoms with Gasteiger partial charge in [-0.1, -0.05) is 0 Å². The first-order chi connectivity index (χ1) is 6.95. The van der Waals surface area contributed by atoms with Crippen LogP contribution < -0.4 is 10.6 Å². The summed E-state index contributed by atoms with van der Waals surface area (Å²) in [5.41, 5.74) is 0. The maximum atomic E-state index is 3.64. The number of thioether (sulfide) groups is 1. The van der Waals surface area contributed by atoms with Crippen molar-refractivity contribution in [1.82, 2.24) is 10.6 Å². The summed E-state index contributed by atoms with van der Waals surface area (Å²) in [6.45, 7) is 4.94. The highest BCUT2D eigenvalue weighted by molar-refractivity contribution is 7.99. The normalized spacial score (nSPS) is 33.4. The van der Waals surface area contributed by atoms with Crippen molar-refractivity contribution in [3.05, 3.63) is 0 Å². The molecule has 0 aromatic carbocycles. The number of hydrogen-bond acceptors (Lipinski definition) is 3. The number of nitrogens with one attached hydrogen (secondary N) is 2. The van der Waals surface area contributed by atoms with Crippen LogP contribution >= 0.6 is 11.8 Å². The van der Waals surface area contributed by atoms with Gasteiger partial charge < -0.3 is 10.6 Å². The maximum Gasteiger partial charge on any atom is -0.000825 e. The van der Waals surface area contributed by atoms with Crippen molar-refractivity contribution in [2.75, 3.05) is 37.7 Å². The van der Waals surface area contributed by atoms with Crippen molar-refractivity contribution in [2.45, 2.75) is 19.3 Å². The van der Waals surface area contributed by atoms with E-state index in [4.69, 9.17) is 0 Å². The van der Waals surface area contributed by atoms with Crippen LogP contribution in [0.5, 0.6) is 0 Å². The lowest BCUT2D eigenvalue weighted by molar-refractivity contribution is 0.352. The molecule has 2 aliphatic heterocycles. The molecule has 3 heteroatoms. The van der Waals surface area contributed by atoms with Gasteiger partial charge in [0.2, 0.25) is 0 Å². The molecule has 2 rings (SSSR count). The average Bonchev–Trinajstić information content (AvgIpc) is 2.72. The van der Waals surface area contributed by atoms with Crippen LogP contribution in [0.4, 0.5) is 0 Å². The van der Waals surface area contributed by atoms with E-state index >= 15 is 0 Å². The van der Waals surface area contributed by atoms with Gasteiger partial charge >= 0.3 is 0 Å². The molecule has 2 unspecified atom stereocenters. The quantitative estimate of drug-likeness (QED) is 0.738. The summed E-state index contributed by atoms with van der Waals surface area (Å²) in [6.07, 6.45) is 4.21. The van der Waals surface area contributed by atoms with E-state index < -0.39 is 0 Å². The molecule has 0 amide bonds. The van der Waals surface area contributed by atoms with E-state index in [0.29, 0.717) is 0 Å². The molecule has 0 radical (unpaired) electrons. The summed E-state index contributed by atoms with van der Waals surface area (Å²) >= 11 is 2.12. The van der Waals surface area contributed by atoms with Gasteiger partial charge in [0, 0.05) is 0 Å². The first-order valence-electron chi connectivity index (χ1n) is 5.94. The zero-order valence-corrected chi connectivity index (χ0v) is 9.74. The third-order valence-electron chi connectivity index (χ3n) is 3.29. The third-order valence-corrected chi connectivity index (χ3v) is 4.52. The summed E-state index contributed by atoms with van der Waals surface area (Å²) in [4.78, 5) is 0. The van der Waals surface area contributed by atoms with Gasteiger partial charge in [-0.15, -0.1) is 0 Å². The van der Waals surface area contributed by atoms with E-state index in [-0.39, 0.29) is 0 Å².